The zero-order valence-corrected chi connectivity index (χ0v) is 16.0. The summed E-state index contributed by atoms with van der Waals surface area (Å²) in [5, 5.41) is 0. The van der Waals surface area contributed by atoms with Crippen molar-refractivity contribution >= 4 is 17.9 Å². The lowest BCUT2D eigenvalue weighted by Gasteiger charge is -2.48. The van der Waals surface area contributed by atoms with Crippen molar-refractivity contribution in [2.75, 3.05) is 0 Å². The van der Waals surface area contributed by atoms with E-state index in [2.05, 4.69) is 13.8 Å². The maximum absolute atomic E-state index is 13.4. The topological polar surface area (TPSA) is 35.5 Å². The minimum absolute atomic E-state index is 0.0311. The average Bonchev–Trinajstić information content (AvgIpc) is 2.65. The smallest absolute Gasteiger partial charge is 0.192 e. The molecular formula is C24H22O3. The lowest BCUT2D eigenvalue weighted by atomic mass is 9.65. The number of carbonyl (C=O) groups is 1. The van der Waals surface area contributed by atoms with E-state index in [1.165, 1.54) is 0 Å². The fraction of sp³-hybridized carbons (Fsp3) is 0.292. The fourth-order valence-corrected chi connectivity index (χ4v) is 4.53. The largest absolute Gasteiger partial charge is 0.484 e. The highest BCUT2D eigenvalue weighted by molar-refractivity contribution is 6.17. The van der Waals surface area contributed by atoms with Gasteiger partial charge in [0.1, 0.15) is 23.7 Å². The molecule has 2 heterocycles. The van der Waals surface area contributed by atoms with Gasteiger partial charge in [0.25, 0.3) is 0 Å². The van der Waals surface area contributed by atoms with Crippen molar-refractivity contribution in [2.24, 2.45) is 5.41 Å². The summed E-state index contributed by atoms with van der Waals surface area (Å²) in [7, 11) is 0. The molecule has 1 aliphatic carbocycles. The first-order chi connectivity index (χ1) is 12.9. The number of carbonyl (C=O) groups excluding carboxylic acids is 1. The van der Waals surface area contributed by atoms with Crippen molar-refractivity contribution in [3.05, 3.63) is 69.8 Å². The second kappa shape index (κ2) is 5.35. The third-order valence-electron chi connectivity index (χ3n) is 6.02. The Morgan fingerprint density at radius 1 is 0.778 bits per heavy atom. The molecule has 0 amide bonds. The van der Waals surface area contributed by atoms with Crippen molar-refractivity contribution in [3.8, 4) is 11.5 Å². The second-order valence-corrected chi connectivity index (χ2v) is 8.33. The van der Waals surface area contributed by atoms with Gasteiger partial charge in [-0.05, 0) is 37.1 Å². The minimum atomic E-state index is -0.383. The van der Waals surface area contributed by atoms with Gasteiger partial charge in [0, 0.05) is 27.7 Å². The van der Waals surface area contributed by atoms with E-state index in [4.69, 9.17) is 9.47 Å². The van der Waals surface area contributed by atoms with Crippen molar-refractivity contribution in [1.82, 2.24) is 0 Å². The summed E-state index contributed by atoms with van der Waals surface area (Å²) in [5.74, 6) is 1.77. The fourth-order valence-electron chi connectivity index (χ4n) is 4.53. The summed E-state index contributed by atoms with van der Waals surface area (Å²) in [6.07, 6.45) is 3.35. The maximum Gasteiger partial charge on any atom is 0.192 e. The van der Waals surface area contributed by atoms with Crippen LogP contribution in [0.5, 0.6) is 11.5 Å². The SMILES string of the molecule is Cc1cccc2c1O[C@@H]1C(=C2)C(=O)C2=Cc3cccc(C)c3O[C@@H]2C1(C)C. The van der Waals surface area contributed by atoms with Gasteiger partial charge in [0.05, 0.1) is 0 Å². The molecule has 0 aromatic heterocycles. The number of aryl methyl sites for hydroxylation is 2. The molecule has 3 nitrogen and oxygen atoms in total. The molecule has 0 spiro atoms. The molecule has 0 N–H and O–H groups in total. The van der Waals surface area contributed by atoms with Crippen molar-refractivity contribution in [3.63, 3.8) is 0 Å². The zero-order valence-electron chi connectivity index (χ0n) is 16.0. The number of hydrogen-bond acceptors (Lipinski definition) is 3. The van der Waals surface area contributed by atoms with E-state index in [0.29, 0.717) is 0 Å². The van der Waals surface area contributed by atoms with Gasteiger partial charge >= 0.3 is 0 Å². The number of ketones is 1. The van der Waals surface area contributed by atoms with Crippen LogP contribution >= 0.6 is 0 Å². The molecule has 27 heavy (non-hydrogen) atoms. The number of para-hydroxylation sites is 2. The van der Waals surface area contributed by atoms with E-state index >= 15 is 0 Å². The Kier molecular flexibility index (Phi) is 3.24. The Morgan fingerprint density at radius 3 is 1.67 bits per heavy atom. The molecule has 2 aliphatic heterocycles. The number of hydrogen-bond donors (Lipinski definition) is 0. The summed E-state index contributed by atoms with van der Waals surface area (Å²) in [4.78, 5) is 13.4. The second-order valence-electron chi connectivity index (χ2n) is 8.33. The van der Waals surface area contributed by atoms with Gasteiger partial charge in [-0.2, -0.15) is 0 Å². The van der Waals surface area contributed by atoms with Crippen LogP contribution in [0.4, 0.5) is 0 Å². The highest BCUT2D eigenvalue weighted by Crippen LogP contribution is 2.50. The van der Waals surface area contributed by atoms with Gasteiger partial charge < -0.3 is 9.47 Å². The van der Waals surface area contributed by atoms with Crippen molar-refractivity contribution in [1.29, 1.82) is 0 Å². The van der Waals surface area contributed by atoms with Gasteiger partial charge in [-0.15, -0.1) is 0 Å². The number of fused-ring (bicyclic) bond motifs is 4. The summed E-state index contributed by atoms with van der Waals surface area (Å²) >= 11 is 0. The van der Waals surface area contributed by atoms with Crippen LogP contribution < -0.4 is 9.47 Å². The van der Waals surface area contributed by atoms with Gasteiger partial charge in [0.2, 0.25) is 0 Å². The quantitative estimate of drug-likeness (QED) is 0.672. The van der Waals surface area contributed by atoms with Gasteiger partial charge in [-0.25, -0.2) is 0 Å². The van der Waals surface area contributed by atoms with Gasteiger partial charge in [0.15, 0.2) is 5.78 Å². The molecule has 1 fully saturated rings. The Balaban J connectivity index is 1.70. The molecular weight excluding hydrogens is 336 g/mol. The molecule has 0 unspecified atom stereocenters. The number of rotatable bonds is 0. The first-order valence-corrected chi connectivity index (χ1v) is 9.38. The molecule has 136 valence electrons. The number of benzene rings is 2. The third-order valence-corrected chi connectivity index (χ3v) is 6.02. The van der Waals surface area contributed by atoms with E-state index in [9.17, 15) is 4.79 Å². The van der Waals surface area contributed by atoms with Gasteiger partial charge in [-0.3, -0.25) is 4.79 Å². The Labute approximate surface area is 159 Å². The molecule has 2 aromatic carbocycles. The molecule has 3 heteroatoms. The van der Waals surface area contributed by atoms with Crippen LogP contribution in [0.3, 0.4) is 0 Å². The third kappa shape index (κ3) is 2.18. The lowest BCUT2D eigenvalue weighted by molar-refractivity contribution is -0.119. The molecule has 0 radical (unpaired) electrons. The van der Waals surface area contributed by atoms with E-state index in [-0.39, 0.29) is 23.4 Å². The highest BCUT2D eigenvalue weighted by atomic mass is 16.5. The predicted octanol–water partition coefficient (Wildman–Crippen LogP) is 4.90. The first-order valence-electron chi connectivity index (χ1n) is 9.38. The summed E-state index contributed by atoms with van der Waals surface area (Å²) in [6.45, 7) is 8.33. The van der Waals surface area contributed by atoms with Crippen LogP contribution in [-0.2, 0) is 4.79 Å². The summed E-state index contributed by atoms with van der Waals surface area (Å²) in [5.41, 5.74) is 5.16. The van der Waals surface area contributed by atoms with Crippen molar-refractivity contribution in [2.45, 2.75) is 39.9 Å². The molecule has 5 rings (SSSR count). The van der Waals surface area contributed by atoms with Gasteiger partial charge in [-0.1, -0.05) is 50.2 Å². The van der Waals surface area contributed by atoms with Crippen LogP contribution in [0.15, 0.2) is 47.5 Å². The Morgan fingerprint density at radius 2 is 1.22 bits per heavy atom. The lowest BCUT2D eigenvalue weighted by Crippen LogP contribution is -2.56. The zero-order chi connectivity index (χ0) is 18.9. The molecule has 1 saturated carbocycles. The van der Waals surface area contributed by atoms with E-state index < -0.39 is 0 Å². The molecule has 2 atom stereocenters. The van der Waals surface area contributed by atoms with Crippen molar-refractivity contribution < 1.29 is 14.3 Å². The molecule has 0 saturated heterocycles. The van der Waals surface area contributed by atoms with Crippen LogP contribution in [0.2, 0.25) is 0 Å². The molecule has 2 aromatic rings. The van der Waals surface area contributed by atoms with Crippen LogP contribution in [0, 0.1) is 19.3 Å². The summed E-state index contributed by atoms with van der Waals surface area (Å²) < 4.78 is 12.8. The van der Waals surface area contributed by atoms with Crippen LogP contribution in [0.1, 0.15) is 36.1 Å². The number of Topliss-reactive ketones (excluding diaryl/α,β-unsaturated/α-hetero) is 1. The normalized spacial score (nSPS) is 24.2. The highest BCUT2D eigenvalue weighted by Gasteiger charge is 2.54. The molecule has 0 bridgehead atoms. The maximum atomic E-state index is 13.4. The van der Waals surface area contributed by atoms with Crippen LogP contribution in [-0.4, -0.2) is 18.0 Å². The average molecular weight is 358 g/mol. The van der Waals surface area contributed by atoms with E-state index in [0.717, 1.165) is 44.9 Å². The summed E-state index contributed by atoms with van der Waals surface area (Å²) in [6, 6.07) is 12.1. The molecule has 3 aliphatic rings. The van der Waals surface area contributed by atoms with E-state index in [1.54, 1.807) is 0 Å². The number of ether oxygens (including phenoxy) is 2. The predicted molar refractivity (Wildman–Crippen MR) is 106 cm³/mol. The minimum Gasteiger partial charge on any atom is -0.484 e. The monoisotopic (exact) mass is 358 g/mol. The first kappa shape index (κ1) is 16.4. The standard InChI is InChI=1S/C24H22O3/c1-13-7-5-9-15-11-17-19(25)18-12-16-10-6-8-14(2)21(16)27-23(18)24(3,4)22(17)26-20(13)15/h5-12,22-23H,1-4H3/t22-,23+. The Hall–Kier alpha value is -2.81. The van der Waals surface area contributed by atoms with E-state index in [1.807, 2.05) is 62.4 Å². The van der Waals surface area contributed by atoms with Crippen LogP contribution in [0.25, 0.3) is 12.2 Å². The Bertz CT molecular complexity index is 974.